The highest BCUT2D eigenvalue weighted by Gasteiger charge is 2.30. The van der Waals surface area contributed by atoms with Crippen LogP contribution in [-0.2, 0) is 9.59 Å². The van der Waals surface area contributed by atoms with Crippen molar-refractivity contribution in [2.45, 2.75) is 5.25 Å². The molecule has 0 saturated carbocycles. The van der Waals surface area contributed by atoms with Crippen molar-refractivity contribution in [3.63, 3.8) is 0 Å². The molecule has 0 N–H and O–H groups in total. The van der Waals surface area contributed by atoms with Gasteiger partial charge in [0.25, 0.3) is 5.91 Å². The molecule has 0 saturated heterocycles. The normalized spacial score (nSPS) is 18.8. The van der Waals surface area contributed by atoms with Crippen molar-refractivity contribution in [2.75, 3.05) is 20.7 Å². The number of aliphatic imine (C=N–C) groups is 2. The van der Waals surface area contributed by atoms with Gasteiger partial charge in [0.15, 0.2) is 5.84 Å². The molecule has 0 spiro atoms. The molecule has 1 atom stereocenters. The van der Waals surface area contributed by atoms with Crippen LogP contribution in [0.2, 0.25) is 0 Å². The minimum absolute atomic E-state index is 0.182. The van der Waals surface area contributed by atoms with Gasteiger partial charge < -0.3 is 9.64 Å². The zero-order valence-corrected chi connectivity index (χ0v) is 14.7. The second-order valence-electron chi connectivity index (χ2n) is 5.53. The summed E-state index contributed by atoms with van der Waals surface area (Å²) in [5, 5.41) is 1.52. The Balaban J connectivity index is 1.64. The van der Waals surface area contributed by atoms with Crippen molar-refractivity contribution in [1.29, 1.82) is 0 Å². The van der Waals surface area contributed by atoms with E-state index in [4.69, 9.17) is 4.74 Å². The van der Waals surface area contributed by atoms with E-state index in [0.29, 0.717) is 11.5 Å². The van der Waals surface area contributed by atoms with Gasteiger partial charge in [0.1, 0.15) is 11.0 Å². The second-order valence-corrected chi connectivity index (χ2v) is 6.54. The Kier molecular flexibility index (Phi) is 5.14. The number of methoxy groups -OCH3 is 1. The first-order valence-electron chi connectivity index (χ1n) is 7.66. The van der Waals surface area contributed by atoms with Gasteiger partial charge >= 0.3 is 0 Å². The number of hydrogen-bond acceptors (Lipinski definition) is 5. The van der Waals surface area contributed by atoms with Gasteiger partial charge in [-0.1, -0.05) is 12.1 Å². The molecule has 1 unspecified atom stereocenters. The zero-order chi connectivity index (χ0) is 17.8. The Morgan fingerprint density at radius 2 is 2.24 bits per heavy atom. The number of benzene rings is 1. The minimum Gasteiger partial charge on any atom is -0.497 e. The van der Waals surface area contributed by atoms with E-state index in [1.54, 1.807) is 20.2 Å². The number of nitrogens with zero attached hydrogens (tertiary/aromatic N) is 3. The van der Waals surface area contributed by atoms with Crippen molar-refractivity contribution in [2.24, 2.45) is 9.98 Å². The summed E-state index contributed by atoms with van der Waals surface area (Å²) in [6.45, 7) is 0.182. The molecule has 0 aliphatic carbocycles. The highest BCUT2D eigenvalue weighted by atomic mass is 32.2. The van der Waals surface area contributed by atoms with Crippen molar-refractivity contribution < 1.29 is 14.3 Å². The lowest BCUT2D eigenvalue weighted by Crippen LogP contribution is -2.35. The largest absolute Gasteiger partial charge is 0.497 e. The Morgan fingerprint density at radius 3 is 3.04 bits per heavy atom. The third-order valence-corrected chi connectivity index (χ3v) is 4.72. The predicted octanol–water partition coefficient (Wildman–Crippen LogP) is 2.18. The van der Waals surface area contributed by atoms with E-state index in [2.05, 4.69) is 9.98 Å². The number of rotatable bonds is 5. The number of amidine groups is 1. The molecule has 6 nitrogen and oxygen atoms in total. The highest BCUT2D eigenvalue weighted by molar-refractivity contribution is 8.04. The molecule has 2 heterocycles. The maximum Gasteiger partial charge on any atom is 0.267 e. The van der Waals surface area contributed by atoms with Gasteiger partial charge in [-0.2, -0.15) is 4.99 Å². The van der Waals surface area contributed by atoms with Gasteiger partial charge in [-0.05, 0) is 35.3 Å². The van der Waals surface area contributed by atoms with Crippen molar-refractivity contribution in [3.05, 3.63) is 47.4 Å². The molecule has 2 aliphatic heterocycles. The summed E-state index contributed by atoms with van der Waals surface area (Å²) < 4.78 is 5.16. The summed E-state index contributed by atoms with van der Waals surface area (Å²) >= 11 is 1.40. The van der Waals surface area contributed by atoms with Crippen LogP contribution in [0, 0.1) is 0 Å². The van der Waals surface area contributed by atoms with Crippen molar-refractivity contribution >= 4 is 41.2 Å². The molecule has 1 aromatic rings. The summed E-state index contributed by atoms with van der Waals surface area (Å²) in [6.07, 6.45) is 5.00. The first-order chi connectivity index (χ1) is 12.1. The Hall–Kier alpha value is -2.67. The third-order valence-electron chi connectivity index (χ3n) is 3.71. The molecule has 128 valence electrons. The average molecular weight is 355 g/mol. The third kappa shape index (κ3) is 4.06. The molecular weight excluding hydrogens is 338 g/mol. The summed E-state index contributed by atoms with van der Waals surface area (Å²) in [7, 11) is 3.24. The molecule has 25 heavy (non-hydrogen) atoms. The van der Waals surface area contributed by atoms with Crippen LogP contribution in [0.3, 0.4) is 0 Å². The molecule has 0 fully saturated rings. The van der Waals surface area contributed by atoms with Crippen LogP contribution in [-0.4, -0.2) is 54.2 Å². The van der Waals surface area contributed by atoms with Gasteiger partial charge in [-0.3, -0.25) is 9.59 Å². The maximum atomic E-state index is 12.3. The standard InChI is InChI=1S/C18H17N3O3S/c1-21(11-15-19-14-8-9-25-17(14)18(23)20-15)16(22)7-6-12-4-3-5-13(10-12)24-2/h3-10,17H,11H2,1-2H3/b7-6+. The van der Waals surface area contributed by atoms with Gasteiger partial charge in [0.2, 0.25) is 5.91 Å². The smallest absolute Gasteiger partial charge is 0.267 e. The fourth-order valence-electron chi connectivity index (χ4n) is 2.39. The lowest BCUT2D eigenvalue weighted by molar-refractivity contribution is -0.124. The van der Waals surface area contributed by atoms with Gasteiger partial charge in [-0.25, -0.2) is 4.99 Å². The van der Waals surface area contributed by atoms with E-state index in [0.717, 1.165) is 11.3 Å². The first kappa shape index (κ1) is 17.2. The van der Waals surface area contributed by atoms with Crippen LogP contribution < -0.4 is 4.74 Å². The van der Waals surface area contributed by atoms with E-state index in [1.807, 2.05) is 35.7 Å². The van der Waals surface area contributed by atoms with Gasteiger partial charge in [0, 0.05) is 13.1 Å². The zero-order valence-electron chi connectivity index (χ0n) is 13.9. The van der Waals surface area contributed by atoms with E-state index < -0.39 is 0 Å². The second kappa shape index (κ2) is 7.48. The van der Waals surface area contributed by atoms with Crippen LogP contribution in [0.1, 0.15) is 5.56 Å². The SMILES string of the molecule is COc1cccc(/C=C/C(=O)N(C)CC2=NC(=O)C3SC=CC3=N2)c1. The molecule has 0 radical (unpaired) electrons. The number of carbonyl (C=O) groups is 2. The molecular formula is C18H17N3O3S. The topological polar surface area (TPSA) is 71.3 Å². The van der Waals surface area contributed by atoms with Crippen LogP contribution in [0.15, 0.2) is 51.8 Å². The quantitative estimate of drug-likeness (QED) is 0.759. The Labute approximate surface area is 150 Å². The molecule has 2 aliphatic rings. The fraction of sp³-hybridized carbons (Fsp3) is 0.222. The number of fused-ring (bicyclic) bond motifs is 1. The number of thioether (sulfide) groups is 1. The Bertz CT molecular complexity index is 827. The minimum atomic E-state index is -0.322. The molecule has 0 bridgehead atoms. The first-order valence-corrected chi connectivity index (χ1v) is 8.60. The molecule has 1 aromatic carbocycles. The lowest BCUT2D eigenvalue weighted by atomic mass is 10.2. The summed E-state index contributed by atoms with van der Waals surface area (Å²) in [5.74, 6) is 0.666. The lowest BCUT2D eigenvalue weighted by Gasteiger charge is -2.18. The maximum absolute atomic E-state index is 12.3. The van der Waals surface area contributed by atoms with E-state index in [1.165, 1.54) is 22.7 Å². The molecule has 3 rings (SSSR count). The number of ether oxygens (including phenoxy) is 1. The van der Waals surface area contributed by atoms with Gasteiger partial charge in [-0.15, -0.1) is 11.8 Å². The van der Waals surface area contributed by atoms with Crippen molar-refractivity contribution in [1.82, 2.24) is 4.90 Å². The predicted molar refractivity (Wildman–Crippen MR) is 100 cm³/mol. The van der Waals surface area contributed by atoms with E-state index in [-0.39, 0.29) is 23.6 Å². The van der Waals surface area contributed by atoms with Crippen LogP contribution in [0.5, 0.6) is 5.75 Å². The van der Waals surface area contributed by atoms with E-state index in [9.17, 15) is 9.59 Å². The fourth-order valence-corrected chi connectivity index (χ4v) is 3.20. The number of hydrogen-bond donors (Lipinski definition) is 0. The van der Waals surface area contributed by atoms with Crippen LogP contribution in [0.25, 0.3) is 6.08 Å². The molecule has 0 aromatic heterocycles. The summed E-state index contributed by atoms with van der Waals surface area (Å²) in [5.41, 5.74) is 1.57. The summed E-state index contributed by atoms with van der Waals surface area (Å²) in [4.78, 5) is 34.0. The number of allylic oxidation sites excluding steroid dienone is 1. The van der Waals surface area contributed by atoms with Crippen molar-refractivity contribution in [3.8, 4) is 5.75 Å². The summed E-state index contributed by atoms with van der Waals surface area (Å²) in [6, 6.07) is 7.41. The number of likely N-dealkylation sites (N-methyl/N-ethyl adjacent to an activating group) is 1. The molecule has 2 amide bonds. The number of amides is 2. The Morgan fingerprint density at radius 1 is 1.40 bits per heavy atom. The monoisotopic (exact) mass is 355 g/mol. The van der Waals surface area contributed by atoms with E-state index >= 15 is 0 Å². The average Bonchev–Trinajstić information content (AvgIpc) is 3.09. The number of carbonyl (C=O) groups excluding carboxylic acids is 2. The molecule has 7 heteroatoms. The highest BCUT2D eigenvalue weighted by Crippen LogP contribution is 2.25. The van der Waals surface area contributed by atoms with Crippen LogP contribution in [0.4, 0.5) is 0 Å². The van der Waals surface area contributed by atoms with Gasteiger partial charge in [0.05, 0.1) is 19.4 Å². The van der Waals surface area contributed by atoms with Crippen LogP contribution >= 0.6 is 11.8 Å².